The summed E-state index contributed by atoms with van der Waals surface area (Å²) in [6.07, 6.45) is 7.56. The van der Waals surface area contributed by atoms with E-state index >= 15 is 0 Å². The molecule has 1 aromatic carbocycles. The molecule has 2 saturated heterocycles. The first-order chi connectivity index (χ1) is 16.7. The molecule has 9 nitrogen and oxygen atoms in total. The Morgan fingerprint density at radius 2 is 1.80 bits per heavy atom. The van der Waals surface area contributed by atoms with Gasteiger partial charge in [-0.05, 0) is 65.0 Å². The van der Waals surface area contributed by atoms with Gasteiger partial charge in [0.15, 0.2) is 11.6 Å². The highest BCUT2D eigenvalue weighted by atomic mass is 16.5. The molecule has 9 heteroatoms. The number of rotatable bonds is 5. The normalized spacial score (nSPS) is 25.8. The Morgan fingerprint density at radius 1 is 1.06 bits per heavy atom. The van der Waals surface area contributed by atoms with Crippen LogP contribution in [0.4, 0.5) is 5.82 Å². The lowest BCUT2D eigenvalue weighted by Gasteiger charge is -2.55. The van der Waals surface area contributed by atoms with E-state index in [1.165, 1.54) is 19.3 Å². The first kappa shape index (κ1) is 23.4. The molecule has 0 radical (unpaired) electrons. The van der Waals surface area contributed by atoms with Crippen molar-refractivity contribution in [3.05, 3.63) is 36.2 Å². The Morgan fingerprint density at radius 3 is 2.43 bits per heavy atom. The van der Waals surface area contributed by atoms with Crippen LogP contribution in [-0.2, 0) is 0 Å². The molecule has 0 saturated carbocycles. The molecule has 0 spiro atoms. The van der Waals surface area contributed by atoms with Crippen molar-refractivity contribution < 1.29 is 9.84 Å². The minimum Gasteiger partial charge on any atom is -0.507 e. The summed E-state index contributed by atoms with van der Waals surface area (Å²) < 4.78 is 5.34. The lowest BCUT2D eigenvalue weighted by molar-refractivity contribution is 0.0784. The molecular formula is C26H33N7O2. The summed E-state index contributed by atoms with van der Waals surface area (Å²) >= 11 is 0. The van der Waals surface area contributed by atoms with E-state index in [0.29, 0.717) is 34.6 Å². The maximum atomic E-state index is 10.7. The predicted molar refractivity (Wildman–Crippen MR) is 134 cm³/mol. The quantitative estimate of drug-likeness (QED) is 0.567. The van der Waals surface area contributed by atoms with Gasteiger partial charge in [-0.3, -0.25) is 0 Å². The van der Waals surface area contributed by atoms with Crippen LogP contribution in [0, 0.1) is 6.92 Å². The van der Waals surface area contributed by atoms with Crippen LogP contribution < -0.4 is 15.0 Å². The van der Waals surface area contributed by atoms with Gasteiger partial charge in [0.2, 0.25) is 0 Å². The molecule has 0 aliphatic carbocycles. The number of nitrogens with one attached hydrogen (secondary N) is 1. The second kappa shape index (κ2) is 8.71. The third-order valence-electron chi connectivity index (χ3n) is 7.58. The molecule has 2 bridgehead atoms. The molecule has 4 heterocycles. The first-order valence-corrected chi connectivity index (χ1v) is 12.1. The van der Waals surface area contributed by atoms with E-state index in [9.17, 15) is 5.11 Å². The van der Waals surface area contributed by atoms with Gasteiger partial charge in [0.25, 0.3) is 0 Å². The fourth-order valence-electron chi connectivity index (χ4n) is 5.82. The van der Waals surface area contributed by atoms with Gasteiger partial charge in [-0.2, -0.15) is 5.10 Å². The summed E-state index contributed by atoms with van der Waals surface area (Å²) in [6.45, 7) is 6.50. The standard InChI is InChI=1S/C26H33N7O2/c1-16-22(35-5)12-20(29-28-16)17-7-8-19(21(34)11-17)24-27-15-23(30-31-24)33(4)18-13-25(2)9-6-10-26(3,14-18)32-25/h7-8,11-12,15,18,32,34H,6,9-10,13-14H2,1-5H3/t18-,25-,26+. The molecule has 5 rings (SSSR count). The second-order valence-corrected chi connectivity index (χ2v) is 10.5. The van der Waals surface area contributed by atoms with Crippen LogP contribution in [0.2, 0.25) is 0 Å². The fourth-order valence-corrected chi connectivity index (χ4v) is 5.82. The van der Waals surface area contributed by atoms with Gasteiger partial charge in [0, 0.05) is 35.8 Å². The van der Waals surface area contributed by atoms with E-state index < -0.39 is 0 Å². The van der Waals surface area contributed by atoms with E-state index in [0.717, 1.165) is 24.2 Å². The summed E-state index contributed by atoms with van der Waals surface area (Å²) in [6, 6.07) is 7.43. The number of benzene rings is 1. The lowest BCUT2D eigenvalue weighted by Crippen LogP contribution is -2.66. The molecule has 0 amide bonds. The fraction of sp³-hybridized carbons (Fsp3) is 0.500. The Bertz CT molecular complexity index is 1220. The van der Waals surface area contributed by atoms with Gasteiger partial charge >= 0.3 is 0 Å². The highest BCUT2D eigenvalue weighted by molar-refractivity contribution is 5.71. The van der Waals surface area contributed by atoms with Crippen LogP contribution >= 0.6 is 0 Å². The number of hydrogen-bond acceptors (Lipinski definition) is 9. The summed E-state index contributed by atoms with van der Waals surface area (Å²) in [5.41, 5.74) is 2.87. The molecule has 2 N–H and O–H groups in total. The highest BCUT2D eigenvalue weighted by Gasteiger charge is 2.46. The summed E-state index contributed by atoms with van der Waals surface area (Å²) in [5, 5.41) is 31.8. The Labute approximate surface area is 206 Å². The lowest BCUT2D eigenvalue weighted by atomic mass is 9.69. The smallest absolute Gasteiger partial charge is 0.185 e. The van der Waals surface area contributed by atoms with Gasteiger partial charge in [0.1, 0.15) is 17.2 Å². The van der Waals surface area contributed by atoms with Crippen LogP contribution in [-0.4, -0.2) is 61.8 Å². The van der Waals surface area contributed by atoms with Crippen molar-refractivity contribution in [3.8, 4) is 34.1 Å². The highest BCUT2D eigenvalue weighted by Crippen LogP contribution is 2.42. The summed E-state index contributed by atoms with van der Waals surface area (Å²) in [5.74, 6) is 1.81. The molecule has 3 aromatic rings. The number of hydrogen-bond donors (Lipinski definition) is 2. The third kappa shape index (κ3) is 4.52. The maximum absolute atomic E-state index is 10.7. The molecule has 2 aromatic heterocycles. The van der Waals surface area contributed by atoms with E-state index in [2.05, 4.69) is 56.5 Å². The topological polar surface area (TPSA) is 109 Å². The second-order valence-electron chi connectivity index (χ2n) is 10.5. The molecular weight excluding hydrogens is 442 g/mol. The van der Waals surface area contributed by atoms with Gasteiger partial charge < -0.3 is 20.1 Å². The molecule has 184 valence electrons. The van der Waals surface area contributed by atoms with E-state index in [4.69, 9.17) is 4.74 Å². The van der Waals surface area contributed by atoms with Gasteiger partial charge in [-0.25, -0.2) is 4.98 Å². The largest absolute Gasteiger partial charge is 0.507 e. The number of phenolic OH excluding ortho intramolecular Hbond substituents is 1. The van der Waals surface area contributed by atoms with Crippen molar-refractivity contribution in [3.63, 3.8) is 0 Å². The van der Waals surface area contributed by atoms with Crippen molar-refractivity contribution in [2.24, 2.45) is 0 Å². The Kier molecular flexibility index (Phi) is 5.83. The minimum absolute atomic E-state index is 0.0544. The number of ether oxygens (including phenoxy) is 1. The van der Waals surface area contributed by atoms with Crippen molar-refractivity contribution in [1.82, 2.24) is 30.7 Å². The predicted octanol–water partition coefficient (Wildman–Crippen LogP) is 3.91. The summed E-state index contributed by atoms with van der Waals surface area (Å²) in [4.78, 5) is 6.74. The Balaban J connectivity index is 1.35. The number of methoxy groups -OCH3 is 1. The van der Waals surface area contributed by atoms with Crippen molar-refractivity contribution in [2.75, 3.05) is 19.1 Å². The molecule has 2 fully saturated rings. The zero-order valence-corrected chi connectivity index (χ0v) is 21.0. The molecule has 35 heavy (non-hydrogen) atoms. The number of aromatic nitrogens is 5. The molecule has 2 aliphatic rings. The van der Waals surface area contributed by atoms with Gasteiger partial charge in [-0.15, -0.1) is 15.3 Å². The first-order valence-electron chi connectivity index (χ1n) is 12.1. The SMILES string of the molecule is COc1cc(-c2ccc(-c3ncc(N(C)[C@H]4C[C@]5(C)CCC[C@](C)(C4)N5)nn3)c(O)c2)nnc1C. The van der Waals surface area contributed by atoms with Crippen LogP contribution in [0.15, 0.2) is 30.5 Å². The molecule has 2 aliphatic heterocycles. The number of aryl methyl sites for hydroxylation is 1. The van der Waals surface area contributed by atoms with Crippen LogP contribution in [0.25, 0.3) is 22.6 Å². The zero-order valence-electron chi connectivity index (χ0n) is 21.0. The maximum Gasteiger partial charge on any atom is 0.185 e. The van der Waals surface area contributed by atoms with Gasteiger partial charge in [0.05, 0.1) is 24.6 Å². The minimum atomic E-state index is 0.0544. The van der Waals surface area contributed by atoms with Gasteiger partial charge in [-0.1, -0.05) is 6.07 Å². The third-order valence-corrected chi connectivity index (χ3v) is 7.58. The van der Waals surface area contributed by atoms with E-state index in [1.54, 1.807) is 31.5 Å². The van der Waals surface area contributed by atoms with E-state index in [1.807, 2.05) is 13.0 Å². The van der Waals surface area contributed by atoms with E-state index in [-0.39, 0.29) is 16.8 Å². The average Bonchev–Trinajstić information content (AvgIpc) is 2.82. The summed E-state index contributed by atoms with van der Waals surface area (Å²) in [7, 11) is 3.67. The van der Waals surface area contributed by atoms with Crippen molar-refractivity contribution in [2.45, 2.75) is 70.0 Å². The Hall–Kier alpha value is -3.33. The van der Waals surface area contributed by atoms with Crippen LogP contribution in [0.1, 0.15) is 51.6 Å². The zero-order chi connectivity index (χ0) is 24.8. The number of piperidine rings is 2. The number of phenols is 1. The number of nitrogens with zero attached hydrogens (tertiary/aromatic N) is 6. The van der Waals surface area contributed by atoms with Crippen LogP contribution in [0.3, 0.4) is 0 Å². The number of anilines is 1. The van der Waals surface area contributed by atoms with Crippen LogP contribution in [0.5, 0.6) is 11.5 Å². The number of aromatic hydroxyl groups is 1. The monoisotopic (exact) mass is 475 g/mol. The average molecular weight is 476 g/mol. The number of fused-ring (bicyclic) bond motifs is 2. The molecule has 3 atom stereocenters. The van der Waals surface area contributed by atoms with Crippen molar-refractivity contribution in [1.29, 1.82) is 0 Å². The molecule has 0 unspecified atom stereocenters. The van der Waals surface area contributed by atoms with Crippen molar-refractivity contribution >= 4 is 5.82 Å².